The van der Waals surface area contributed by atoms with Gasteiger partial charge in [0, 0.05) is 6.42 Å². The standard InChI is InChI=1S/C50H101N2O6P/c1-6-8-10-12-14-16-18-20-22-23-24-25-26-27-28-29-30-32-34-36-38-40-42-44-50(54)51-48(47-58-59(55,56)57-46-45-52(3,4)5)49(53)43-41-39-37-35-33-31-21-19-17-15-13-11-9-7-2/h27-28,48-49,53H,6-26,29-47H2,1-5H3,(H-,51,54,55,56)/p+1/b28-27-. The molecule has 1 amide bonds. The number of aliphatic hydroxyl groups is 1. The Morgan fingerprint density at radius 1 is 0.559 bits per heavy atom. The van der Waals surface area contributed by atoms with E-state index in [1.54, 1.807) is 0 Å². The summed E-state index contributed by atoms with van der Waals surface area (Å²) in [4.78, 5) is 23.2. The Kier molecular flexibility index (Phi) is 42.0. The fourth-order valence-corrected chi connectivity index (χ4v) is 8.43. The van der Waals surface area contributed by atoms with E-state index < -0.39 is 20.0 Å². The summed E-state index contributed by atoms with van der Waals surface area (Å²) in [6, 6.07) is -0.759. The molecular weight excluding hydrogens is 756 g/mol. The number of quaternary nitrogens is 1. The number of nitrogens with zero attached hydrogens (tertiary/aromatic N) is 1. The van der Waals surface area contributed by atoms with Gasteiger partial charge in [-0.3, -0.25) is 13.8 Å². The average Bonchev–Trinajstić information content (AvgIpc) is 3.19. The second-order valence-corrected chi connectivity index (χ2v) is 20.4. The molecule has 0 bridgehead atoms. The van der Waals surface area contributed by atoms with Gasteiger partial charge in [0.05, 0.1) is 39.9 Å². The van der Waals surface area contributed by atoms with E-state index in [1.165, 1.54) is 186 Å². The summed E-state index contributed by atoms with van der Waals surface area (Å²) in [7, 11) is 1.62. The summed E-state index contributed by atoms with van der Waals surface area (Å²) in [5.74, 6) is -0.146. The van der Waals surface area contributed by atoms with Crippen LogP contribution in [0.15, 0.2) is 12.2 Å². The van der Waals surface area contributed by atoms with E-state index in [2.05, 4.69) is 31.3 Å². The van der Waals surface area contributed by atoms with Gasteiger partial charge in [0.15, 0.2) is 0 Å². The number of aliphatic hydroxyl groups excluding tert-OH is 1. The summed E-state index contributed by atoms with van der Waals surface area (Å²) in [6.45, 7) is 4.91. The van der Waals surface area contributed by atoms with E-state index in [4.69, 9.17) is 9.05 Å². The maximum atomic E-state index is 12.9. The van der Waals surface area contributed by atoms with Crippen LogP contribution >= 0.6 is 7.82 Å². The third kappa shape index (κ3) is 45.1. The normalized spacial score (nSPS) is 14.2. The zero-order valence-corrected chi connectivity index (χ0v) is 40.9. The van der Waals surface area contributed by atoms with Crippen LogP contribution in [-0.2, 0) is 18.4 Å². The lowest BCUT2D eigenvalue weighted by molar-refractivity contribution is -0.870. The Hall–Kier alpha value is -0.760. The van der Waals surface area contributed by atoms with Crippen molar-refractivity contribution in [3.05, 3.63) is 12.2 Å². The molecule has 0 aromatic heterocycles. The van der Waals surface area contributed by atoms with Crippen LogP contribution in [-0.4, -0.2) is 73.4 Å². The predicted molar refractivity (Wildman–Crippen MR) is 254 cm³/mol. The Morgan fingerprint density at radius 3 is 1.31 bits per heavy atom. The second kappa shape index (κ2) is 42.5. The number of allylic oxidation sites excluding steroid dienone is 2. The van der Waals surface area contributed by atoms with Crippen molar-refractivity contribution in [2.45, 2.75) is 264 Å². The maximum Gasteiger partial charge on any atom is 0.472 e. The van der Waals surface area contributed by atoms with Crippen molar-refractivity contribution in [3.63, 3.8) is 0 Å². The van der Waals surface area contributed by atoms with E-state index in [-0.39, 0.29) is 19.1 Å². The maximum absolute atomic E-state index is 12.9. The van der Waals surface area contributed by atoms with Crippen molar-refractivity contribution in [2.75, 3.05) is 40.9 Å². The van der Waals surface area contributed by atoms with Crippen molar-refractivity contribution in [1.29, 1.82) is 0 Å². The van der Waals surface area contributed by atoms with Crippen LogP contribution in [0.3, 0.4) is 0 Å². The summed E-state index contributed by atoms with van der Waals surface area (Å²) >= 11 is 0. The van der Waals surface area contributed by atoms with Gasteiger partial charge in [-0.15, -0.1) is 0 Å². The first-order chi connectivity index (χ1) is 28.5. The smallest absolute Gasteiger partial charge is 0.391 e. The number of phosphoric ester groups is 1. The second-order valence-electron chi connectivity index (χ2n) is 18.9. The van der Waals surface area contributed by atoms with Crippen LogP contribution in [0.4, 0.5) is 0 Å². The molecule has 3 atom stereocenters. The highest BCUT2D eigenvalue weighted by molar-refractivity contribution is 7.47. The average molecular weight is 858 g/mol. The van der Waals surface area contributed by atoms with Gasteiger partial charge in [-0.05, 0) is 38.5 Å². The highest BCUT2D eigenvalue weighted by Crippen LogP contribution is 2.43. The molecule has 9 heteroatoms. The minimum Gasteiger partial charge on any atom is -0.391 e. The van der Waals surface area contributed by atoms with Gasteiger partial charge in [-0.25, -0.2) is 4.57 Å². The number of phosphoric acid groups is 1. The zero-order chi connectivity index (χ0) is 43.6. The first kappa shape index (κ1) is 58.2. The van der Waals surface area contributed by atoms with Gasteiger partial charge in [0.25, 0.3) is 0 Å². The van der Waals surface area contributed by atoms with Crippen molar-refractivity contribution in [3.8, 4) is 0 Å². The molecule has 0 radical (unpaired) electrons. The number of hydrogen-bond donors (Lipinski definition) is 3. The van der Waals surface area contributed by atoms with Crippen LogP contribution < -0.4 is 5.32 Å². The van der Waals surface area contributed by atoms with E-state index in [0.29, 0.717) is 23.9 Å². The topological polar surface area (TPSA) is 105 Å². The molecule has 352 valence electrons. The largest absolute Gasteiger partial charge is 0.472 e. The molecule has 0 aliphatic carbocycles. The number of rotatable bonds is 47. The summed E-state index contributed by atoms with van der Waals surface area (Å²) in [5, 5.41) is 14.0. The highest BCUT2D eigenvalue weighted by atomic mass is 31.2. The Morgan fingerprint density at radius 2 is 0.915 bits per heavy atom. The van der Waals surface area contributed by atoms with Crippen LogP contribution in [0.1, 0.15) is 251 Å². The summed E-state index contributed by atoms with van der Waals surface area (Å²) < 4.78 is 23.7. The molecule has 0 spiro atoms. The lowest BCUT2D eigenvalue weighted by Gasteiger charge is -2.26. The summed E-state index contributed by atoms with van der Waals surface area (Å²) in [5.41, 5.74) is 0. The number of hydrogen-bond acceptors (Lipinski definition) is 5. The molecule has 0 rings (SSSR count). The van der Waals surface area contributed by atoms with Crippen molar-refractivity contribution < 1.29 is 32.9 Å². The van der Waals surface area contributed by atoms with Gasteiger partial charge >= 0.3 is 7.82 Å². The molecule has 0 saturated heterocycles. The lowest BCUT2D eigenvalue weighted by atomic mass is 10.0. The van der Waals surface area contributed by atoms with Gasteiger partial charge in [0.2, 0.25) is 5.91 Å². The number of nitrogens with one attached hydrogen (secondary N) is 1. The fourth-order valence-electron chi connectivity index (χ4n) is 7.69. The fraction of sp³-hybridized carbons (Fsp3) is 0.940. The van der Waals surface area contributed by atoms with Crippen LogP contribution in [0.5, 0.6) is 0 Å². The molecule has 0 aromatic carbocycles. The Labute approximate surface area is 367 Å². The SMILES string of the molecule is CCCCCCCCCCCCCC/C=C\CCCCCCCCCC(=O)NC(COP(=O)(O)OCC[N+](C)(C)C)C(O)CCCCCCCCCCCCCCCC. The minimum absolute atomic E-state index is 0.0759. The predicted octanol–water partition coefficient (Wildman–Crippen LogP) is 14.7. The third-order valence-corrected chi connectivity index (χ3v) is 12.7. The number of carbonyl (C=O) groups excluding carboxylic acids is 1. The molecule has 8 nitrogen and oxygen atoms in total. The molecule has 3 unspecified atom stereocenters. The third-order valence-electron chi connectivity index (χ3n) is 11.8. The van der Waals surface area contributed by atoms with Crippen LogP contribution in [0.2, 0.25) is 0 Å². The van der Waals surface area contributed by atoms with E-state index >= 15 is 0 Å². The van der Waals surface area contributed by atoms with Crippen molar-refractivity contribution >= 4 is 13.7 Å². The molecular formula is C50H102N2O6P+. The van der Waals surface area contributed by atoms with Gasteiger partial charge in [0.1, 0.15) is 13.2 Å². The molecule has 0 aliphatic heterocycles. The highest BCUT2D eigenvalue weighted by Gasteiger charge is 2.28. The summed E-state index contributed by atoms with van der Waals surface area (Å²) in [6.07, 6.45) is 49.6. The van der Waals surface area contributed by atoms with Gasteiger partial charge in [-0.2, -0.15) is 0 Å². The number of carbonyl (C=O) groups is 1. The van der Waals surface area contributed by atoms with Crippen LogP contribution in [0, 0.1) is 0 Å². The van der Waals surface area contributed by atoms with Crippen molar-refractivity contribution in [2.24, 2.45) is 0 Å². The molecule has 0 fully saturated rings. The van der Waals surface area contributed by atoms with E-state index in [9.17, 15) is 19.4 Å². The number of amides is 1. The molecule has 59 heavy (non-hydrogen) atoms. The Bertz CT molecular complexity index is 974. The lowest BCUT2D eigenvalue weighted by Crippen LogP contribution is -2.46. The minimum atomic E-state index is -4.31. The first-order valence-corrected chi connectivity index (χ1v) is 27.0. The number of likely N-dealkylation sites (N-methyl/N-ethyl adjacent to an activating group) is 1. The van der Waals surface area contributed by atoms with Crippen molar-refractivity contribution in [1.82, 2.24) is 5.32 Å². The zero-order valence-electron chi connectivity index (χ0n) is 40.0. The van der Waals surface area contributed by atoms with E-state index in [1.807, 2.05) is 21.1 Å². The number of unbranched alkanes of at least 4 members (excludes halogenated alkanes) is 32. The quantitative estimate of drug-likeness (QED) is 0.0244. The van der Waals surface area contributed by atoms with Gasteiger partial charge in [-0.1, -0.05) is 219 Å². The van der Waals surface area contributed by atoms with Gasteiger partial charge < -0.3 is 19.8 Å². The van der Waals surface area contributed by atoms with Crippen LogP contribution in [0.25, 0.3) is 0 Å². The molecule has 3 N–H and O–H groups in total. The Balaban J connectivity index is 4.20. The molecule has 0 heterocycles. The molecule has 0 saturated carbocycles. The monoisotopic (exact) mass is 858 g/mol. The first-order valence-electron chi connectivity index (χ1n) is 25.6. The molecule has 0 aromatic rings. The molecule has 0 aliphatic rings. The van der Waals surface area contributed by atoms with E-state index in [0.717, 1.165) is 38.5 Å².